The number of nitrogens with one attached hydrogen (secondary N) is 2. The molecule has 8 heteroatoms. The Labute approximate surface area is 144 Å². The molecule has 1 amide bonds. The van der Waals surface area contributed by atoms with Gasteiger partial charge < -0.3 is 10.6 Å². The van der Waals surface area contributed by atoms with Crippen molar-refractivity contribution < 1.29 is 4.79 Å². The molecule has 0 atom stereocenters. The normalized spacial score (nSPS) is 15.8. The van der Waals surface area contributed by atoms with E-state index in [1.165, 1.54) is 4.88 Å². The topological polar surface area (TPSA) is 71.8 Å². The van der Waals surface area contributed by atoms with E-state index >= 15 is 0 Å². The number of amides is 1. The molecule has 3 rings (SSSR count). The van der Waals surface area contributed by atoms with Crippen LogP contribution >= 0.6 is 22.9 Å². The summed E-state index contributed by atoms with van der Waals surface area (Å²) in [4.78, 5) is 17.8. The summed E-state index contributed by atoms with van der Waals surface area (Å²) < 4.78 is 1.62. The van der Waals surface area contributed by atoms with Gasteiger partial charge in [0.05, 0.1) is 16.4 Å². The number of nitrogens with zero attached hydrogens (tertiary/aromatic N) is 3. The van der Waals surface area contributed by atoms with Crippen LogP contribution in [0.4, 0.5) is 5.13 Å². The maximum Gasteiger partial charge on any atom is 0.247 e. The fraction of sp³-hybridized carbons (Fsp3) is 0.533. The second-order valence-electron chi connectivity index (χ2n) is 5.78. The predicted molar refractivity (Wildman–Crippen MR) is 92.3 cm³/mol. The molecule has 2 aromatic rings. The maximum atomic E-state index is 12.2. The Kier molecular flexibility index (Phi) is 4.99. The first-order chi connectivity index (χ1) is 11.0. The number of piperidine rings is 1. The summed E-state index contributed by atoms with van der Waals surface area (Å²) in [7, 11) is 0. The summed E-state index contributed by atoms with van der Waals surface area (Å²) >= 11 is 7.67. The number of anilines is 1. The Morgan fingerprint density at radius 3 is 2.87 bits per heavy atom. The predicted octanol–water partition coefficient (Wildman–Crippen LogP) is 2.72. The van der Waals surface area contributed by atoms with Gasteiger partial charge in [0.1, 0.15) is 6.54 Å². The molecule has 0 spiro atoms. The molecule has 0 unspecified atom stereocenters. The molecule has 124 valence electrons. The van der Waals surface area contributed by atoms with Crippen molar-refractivity contribution in [1.29, 1.82) is 0 Å². The highest BCUT2D eigenvalue weighted by atomic mass is 35.5. The SMILES string of the molecule is Cc1nn(CC(=O)Nc2ncc(C3CCNCC3)s2)c(C)c1Cl. The van der Waals surface area contributed by atoms with E-state index in [4.69, 9.17) is 11.6 Å². The summed E-state index contributed by atoms with van der Waals surface area (Å²) in [5, 5.41) is 11.7. The van der Waals surface area contributed by atoms with Crippen molar-refractivity contribution in [2.75, 3.05) is 18.4 Å². The van der Waals surface area contributed by atoms with E-state index in [2.05, 4.69) is 20.7 Å². The number of hydrogen-bond acceptors (Lipinski definition) is 5. The van der Waals surface area contributed by atoms with Gasteiger partial charge in [0.25, 0.3) is 0 Å². The summed E-state index contributed by atoms with van der Waals surface area (Å²) in [5.74, 6) is 0.410. The summed E-state index contributed by atoms with van der Waals surface area (Å²) in [6.45, 7) is 5.91. The first-order valence-corrected chi connectivity index (χ1v) is 8.90. The van der Waals surface area contributed by atoms with E-state index in [0.29, 0.717) is 16.1 Å². The lowest BCUT2D eigenvalue weighted by atomic mass is 9.97. The fourth-order valence-corrected chi connectivity index (χ4v) is 3.90. The number of halogens is 1. The molecular weight excluding hydrogens is 334 g/mol. The van der Waals surface area contributed by atoms with Crippen LogP contribution in [0.15, 0.2) is 6.20 Å². The van der Waals surface area contributed by atoms with Crippen molar-refractivity contribution in [2.24, 2.45) is 0 Å². The van der Waals surface area contributed by atoms with E-state index < -0.39 is 0 Å². The fourth-order valence-electron chi connectivity index (χ4n) is 2.76. The Hall–Kier alpha value is -1.44. The number of carbonyl (C=O) groups excluding carboxylic acids is 1. The summed E-state index contributed by atoms with van der Waals surface area (Å²) in [6.07, 6.45) is 4.14. The van der Waals surface area contributed by atoms with E-state index in [1.807, 2.05) is 20.0 Å². The van der Waals surface area contributed by atoms with Gasteiger partial charge in [-0.15, -0.1) is 11.3 Å². The van der Waals surface area contributed by atoms with Crippen LogP contribution in [0.2, 0.25) is 5.02 Å². The van der Waals surface area contributed by atoms with Crippen LogP contribution in [-0.4, -0.2) is 33.8 Å². The second kappa shape index (κ2) is 6.98. The smallest absolute Gasteiger partial charge is 0.247 e. The van der Waals surface area contributed by atoms with E-state index in [1.54, 1.807) is 16.0 Å². The van der Waals surface area contributed by atoms with Crippen LogP contribution in [0.5, 0.6) is 0 Å². The molecule has 1 aliphatic rings. The molecule has 0 aliphatic carbocycles. The third kappa shape index (κ3) is 3.73. The third-order valence-corrected chi connectivity index (χ3v) is 5.72. The minimum absolute atomic E-state index is 0.140. The average molecular weight is 354 g/mol. The molecule has 0 aromatic carbocycles. The van der Waals surface area contributed by atoms with Gasteiger partial charge in [0.2, 0.25) is 5.91 Å². The molecule has 2 N–H and O–H groups in total. The number of hydrogen-bond donors (Lipinski definition) is 2. The Morgan fingerprint density at radius 2 is 2.22 bits per heavy atom. The maximum absolute atomic E-state index is 12.2. The van der Waals surface area contributed by atoms with Crippen molar-refractivity contribution >= 4 is 34.0 Å². The molecular formula is C15H20ClN5OS. The number of rotatable bonds is 4. The zero-order chi connectivity index (χ0) is 16.4. The molecule has 0 saturated carbocycles. The van der Waals surface area contributed by atoms with Crippen LogP contribution in [0, 0.1) is 13.8 Å². The van der Waals surface area contributed by atoms with Crippen molar-refractivity contribution in [2.45, 2.75) is 39.2 Å². The third-order valence-electron chi connectivity index (χ3n) is 4.10. The minimum atomic E-state index is -0.140. The molecule has 1 fully saturated rings. The van der Waals surface area contributed by atoms with Crippen LogP contribution < -0.4 is 10.6 Å². The number of aryl methyl sites for hydroxylation is 1. The van der Waals surface area contributed by atoms with Crippen LogP contribution in [0.3, 0.4) is 0 Å². The number of thiazole rings is 1. The van der Waals surface area contributed by atoms with Gasteiger partial charge >= 0.3 is 0 Å². The molecule has 2 aromatic heterocycles. The highest BCUT2D eigenvalue weighted by molar-refractivity contribution is 7.15. The quantitative estimate of drug-likeness (QED) is 0.886. The van der Waals surface area contributed by atoms with Gasteiger partial charge in [0, 0.05) is 11.1 Å². The standard InChI is InChI=1S/C15H20ClN5OS/c1-9-14(16)10(2)21(20-9)8-13(22)19-15-18-7-12(23-15)11-3-5-17-6-4-11/h7,11,17H,3-6,8H2,1-2H3,(H,18,19,22). The lowest BCUT2D eigenvalue weighted by Crippen LogP contribution is -2.26. The lowest BCUT2D eigenvalue weighted by molar-refractivity contribution is -0.116. The molecule has 3 heterocycles. The van der Waals surface area contributed by atoms with Gasteiger partial charge in [-0.2, -0.15) is 5.10 Å². The Bertz CT molecular complexity index is 705. The largest absolute Gasteiger partial charge is 0.317 e. The van der Waals surface area contributed by atoms with Crippen LogP contribution in [0.25, 0.3) is 0 Å². The highest BCUT2D eigenvalue weighted by Crippen LogP contribution is 2.31. The van der Waals surface area contributed by atoms with Gasteiger partial charge in [-0.05, 0) is 45.7 Å². The molecule has 0 bridgehead atoms. The zero-order valence-corrected chi connectivity index (χ0v) is 14.8. The van der Waals surface area contributed by atoms with E-state index in [-0.39, 0.29) is 12.5 Å². The van der Waals surface area contributed by atoms with Gasteiger partial charge in [-0.1, -0.05) is 11.6 Å². The van der Waals surface area contributed by atoms with Crippen molar-refractivity contribution in [3.05, 3.63) is 27.5 Å². The highest BCUT2D eigenvalue weighted by Gasteiger charge is 2.19. The zero-order valence-electron chi connectivity index (χ0n) is 13.2. The Morgan fingerprint density at radius 1 is 1.48 bits per heavy atom. The summed E-state index contributed by atoms with van der Waals surface area (Å²) in [6, 6.07) is 0. The summed E-state index contributed by atoms with van der Waals surface area (Å²) in [5.41, 5.74) is 1.54. The lowest BCUT2D eigenvalue weighted by Gasteiger charge is -2.20. The molecule has 23 heavy (non-hydrogen) atoms. The first-order valence-electron chi connectivity index (χ1n) is 7.70. The average Bonchev–Trinajstić information content (AvgIpc) is 3.10. The van der Waals surface area contributed by atoms with Crippen molar-refractivity contribution in [3.63, 3.8) is 0 Å². The first kappa shape index (κ1) is 16.4. The minimum Gasteiger partial charge on any atom is -0.317 e. The van der Waals surface area contributed by atoms with Gasteiger partial charge in [0.15, 0.2) is 5.13 Å². The van der Waals surface area contributed by atoms with E-state index in [0.717, 1.165) is 37.3 Å². The molecule has 1 saturated heterocycles. The monoisotopic (exact) mass is 353 g/mol. The second-order valence-corrected chi connectivity index (χ2v) is 7.22. The van der Waals surface area contributed by atoms with Crippen LogP contribution in [-0.2, 0) is 11.3 Å². The van der Waals surface area contributed by atoms with Crippen molar-refractivity contribution in [3.8, 4) is 0 Å². The van der Waals surface area contributed by atoms with Gasteiger partial charge in [-0.3, -0.25) is 9.48 Å². The van der Waals surface area contributed by atoms with Crippen molar-refractivity contribution in [1.82, 2.24) is 20.1 Å². The van der Waals surface area contributed by atoms with Crippen LogP contribution in [0.1, 0.15) is 35.0 Å². The molecule has 1 aliphatic heterocycles. The Balaban J connectivity index is 1.61. The number of carbonyl (C=O) groups is 1. The number of aromatic nitrogens is 3. The molecule has 0 radical (unpaired) electrons. The molecule has 6 nitrogen and oxygen atoms in total. The van der Waals surface area contributed by atoms with Gasteiger partial charge in [-0.25, -0.2) is 4.98 Å². The van der Waals surface area contributed by atoms with E-state index in [9.17, 15) is 4.79 Å².